The van der Waals surface area contributed by atoms with Crippen LogP contribution >= 0.6 is 22.9 Å². The van der Waals surface area contributed by atoms with Gasteiger partial charge in [-0.1, -0.05) is 29.5 Å². The number of aromatic nitrogens is 2. The monoisotopic (exact) mass is 544 g/mol. The van der Waals surface area contributed by atoms with Crippen LogP contribution in [0.4, 0.5) is 0 Å². The fourth-order valence-corrected chi connectivity index (χ4v) is 6.22. The lowest BCUT2D eigenvalue weighted by atomic mass is 10.0. The average molecular weight is 545 g/mol. The normalized spacial score (nSPS) is 16.9. The third-order valence-corrected chi connectivity index (χ3v) is 8.88. The summed E-state index contributed by atoms with van der Waals surface area (Å²) >= 11 is 8.07. The SMILES string of the molecule is CS(=O)(=O)N1CCc2c(c(-c3ccc(Cl)c(C#Cc4ccsc4)c3)nn2CCCN2CCOCC2)C1. The van der Waals surface area contributed by atoms with Gasteiger partial charge in [-0.05, 0) is 30.0 Å². The lowest BCUT2D eigenvalue weighted by Crippen LogP contribution is -2.37. The summed E-state index contributed by atoms with van der Waals surface area (Å²) in [5.41, 5.74) is 5.47. The van der Waals surface area contributed by atoms with Gasteiger partial charge in [-0.25, -0.2) is 8.42 Å². The zero-order valence-electron chi connectivity index (χ0n) is 20.2. The maximum atomic E-state index is 12.3. The van der Waals surface area contributed by atoms with E-state index in [0.29, 0.717) is 24.5 Å². The molecule has 0 saturated carbocycles. The topological polar surface area (TPSA) is 67.7 Å². The van der Waals surface area contributed by atoms with Crippen molar-refractivity contribution in [2.45, 2.75) is 25.9 Å². The van der Waals surface area contributed by atoms with Crippen molar-refractivity contribution in [2.75, 3.05) is 45.6 Å². The Kier molecular flexibility index (Phi) is 7.82. The van der Waals surface area contributed by atoms with Gasteiger partial charge in [-0.3, -0.25) is 9.58 Å². The molecule has 10 heteroatoms. The van der Waals surface area contributed by atoms with Gasteiger partial charge in [-0.2, -0.15) is 20.7 Å². The van der Waals surface area contributed by atoms with E-state index in [1.165, 1.54) is 10.6 Å². The number of hydrogen-bond donors (Lipinski definition) is 0. The van der Waals surface area contributed by atoms with Gasteiger partial charge in [0.15, 0.2) is 0 Å². The van der Waals surface area contributed by atoms with Crippen molar-refractivity contribution >= 4 is 33.0 Å². The molecule has 0 unspecified atom stereocenters. The number of sulfonamides is 1. The number of ether oxygens (including phenoxy) is 1. The third-order valence-electron chi connectivity index (χ3n) is 6.62. The Morgan fingerprint density at radius 3 is 2.72 bits per heavy atom. The van der Waals surface area contributed by atoms with Gasteiger partial charge < -0.3 is 4.74 Å². The summed E-state index contributed by atoms with van der Waals surface area (Å²) in [6.07, 6.45) is 2.89. The number of nitrogens with zero attached hydrogens (tertiary/aromatic N) is 4. The summed E-state index contributed by atoms with van der Waals surface area (Å²) in [6.45, 7) is 6.08. The molecule has 7 nitrogen and oxygen atoms in total. The van der Waals surface area contributed by atoms with E-state index in [0.717, 1.165) is 79.5 Å². The van der Waals surface area contributed by atoms with Crippen LogP contribution in [0, 0.1) is 11.8 Å². The van der Waals surface area contributed by atoms with Crippen LogP contribution in [-0.4, -0.2) is 73.1 Å². The first-order chi connectivity index (χ1) is 17.4. The molecule has 1 aromatic carbocycles. The van der Waals surface area contributed by atoms with E-state index in [1.807, 2.05) is 35.0 Å². The third kappa shape index (κ3) is 5.86. The van der Waals surface area contributed by atoms with Crippen molar-refractivity contribution in [1.29, 1.82) is 0 Å². The molecule has 2 aliphatic heterocycles. The van der Waals surface area contributed by atoms with Gasteiger partial charge >= 0.3 is 0 Å². The molecule has 0 aliphatic carbocycles. The number of rotatable bonds is 6. The molecule has 0 amide bonds. The second kappa shape index (κ2) is 11.1. The molecule has 0 bridgehead atoms. The molecule has 2 aromatic heterocycles. The van der Waals surface area contributed by atoms with Gasteiger partial charge in [0.1, 0.15) is 0 Å². The predicted octanol–water partition coefficient (Wildman–Crippen LogP) is 3.70. The molecule has 0 radical (unpaired) electrons. The van der Waals surface area contributed by atoms with Crippen LogP contribution < -0.4 is 0 Å². The molecule has 3 aromatic rings. The highest BCUT2D eigenvalue weighted by molar-refractivity contribution is 7.88. The zero-order chi connectivity index (χ0) is 25.1. The van der Waals surface area contributed by atoms with Gasteiger partial charge in [0, 0.05) is 79.0 Å². The summed E-state index contributed by atoms with van der Waals surface area (Å²) < 4.78 is 33.8. The Balaban J connectivity index is 1.45. The van der Waals surface area contributed by atoms with Crippen LogP contribution in [0.25, 0.3) is 11.3 Å². The molecule has 1 saturated heterocycles. The Morgan fingerprint density at radius 2 is 1.97 bits per heavy atom. The van der Waals surface area contributed by atoms with Crippen molar-refractivity contribution in [1.82, 2.24) is 19.0 Å². The van der Waals surface area contributed by atoms with E-state index >= 15 is 0 Å². The largest absolute Gasteiger partial charge is 0.379 e. The fourth-order valence-electron chi connectivity index (χ4n) is 4.68. The van der Waals surface area contributed by atoms with Gasteiger partial charge in [0.05, 0.1) is 30.2 Å². The summed E-state index contributed by atoms with van der Waals surface area (Å²) in [6, 6.07) is 7.72. The highest BCUT2D eigenvalue weighted by atomic mass is 35.5. The van der Waals surface area contributed by atoms with Crippen molar-refractivity contribution in [3.8, 4) is 23.1 Å². The summed E-state index contributed by atoms with van der Waals surface area (Å²) in [5, 5.41) is 9.58. The van der Waals surface area contributed by atoms with E-state index in [4.69, 9.17) is 21.4 Å². The van der Waals surface area contributed by atoms with E-state index in [1.54, 1.807) is 11.3 Å². The standard InChI is InChI=1S/C26H29ClN4O3S2/c1-36(32,33)30-11-7-25-23(18-30)26(28-31(25)10-2-9-29-12-14-34-15-13-29)22-5-6-24(27)21(17-22)4-3-20-8-16-35-19-20/h5-6,8,16-17,19H,2,7,9-15,18H2,1H3. The number of thiophene rings is 1. The quantitative estimate of drug-likeness (QED) is 0.443. The first-order valence-corrected chi connectivity index (χ1v) is 15.2. The number of halogens is 1. The minimum Gasteiger partial charge on any atom is -0.379 e. The Labute approximate surface area is 221 Å². The molecule has 1 fully saturated rings. The van der Waals surface area contributed by atoms with Crippen LogP contribution in [0.3, 0.4) is 0 Å². The van der Waals surface area contributed by atoms with Crippen molar-refractivity contribution in [3.63, 3.8) is 0 Å². The second-order valence-electron chi connectivity index (χ2n) is 9.11. The van der Waals surface area contributed by atoms with Crippen molar-refractivity contribution < 1.29 is 13.2 Å². The molecule has 0 atom stereocenters. The number of aryl methyl sites for hydroxylation is 1. The van der Waals surface area contributed by atoms with Crippen LogP contribution in [0.1, 0.15) is 28.8 Å². The lowest BCUT2D eigenvalue weighted by Gasteiger charge is -2.27. The summed E-state index contributed by atoms with van der Waals surface area (Å²) in [5.74, 6) is 6.35. The Bertz CT molecular complexity index is 1380. The van der Waals surface area contributed by atoms with Crippen LogP contribution in [-0.2, 0) is 34.3 Å². The molecule has 0 N–H and O–H groups in total. The molecular weight excluding hydrogens is 516 g/mol. The van der Waals surface area contributed by atoms with E-state index in [-0.39, 0.29) is 0 Å². The van der Waals surface area contributed by atoms with Gasteiger partial charge in [-0.15, -0.1) is 0 Å². The maximum absolute atomic E-state index is 12.3. The van der Waals surface area contributed by atoms with Crippen molar-refractivity contribution in [3.05, 3.63) is 62.4 Å². The second-order valence-corrected chi connectivity index (χ2v) is 12.3. The van der Waals surface area contributed by atoms with Crippen LogP contribution in [0.15, 0.2) is 35.0 Å². The van der Waals surface area contributed by atoms with E-state index in [9.17, 15) is 8.42 Å². The maximum Gasteiger partial charge on any atom is 0.211 e. The first-order valence-electron chi connectivity index (χ1n) is 12.1. The molecule has 190 valence electrons. The van der Waals surface area contributed by atoms with Crippen LogP contribution in [0.5, 0.6) is 0 Å². The van der Waals surface area contributed by atoms with Gasteiger partial charge in [0.2, 0.25) is 10.0 Å². The number of hydrogen-bond acceptors (Lipinski definition) is 6. The Hall–Kier alpha value is -2.19. The lowest BCUT2D eigenvalue weighted by molar-refractivity contribution is 0.0368. The Morgan fingerprint density at radius 1 is 1.14 bits per heavy atom. The highest BCUT2D eigenvalue weighted by Crippen LogP contribution is 2.33. The predicted molar refractivity (Wildman–Crippen MR) is 144 cm³/mol. The minimum atomic E-state index is -3.30. The summed E-state index contributed by atoms with van der Waals surface area (Å²) in [4.78, 5) is 2.42. The highest BCUT2D eigenvalue weighted by Gasteiger charge is 2.29. The molecule has 5 rings (SSSR count). The fraction of sp³-hybridized carbons (Fsp3) is 0.423. The first kappa shape index (κ1) is 25.5. The zero-order valence-corrected chi connectivity index (χ0v) is 22.6. The minimum absolute atomic E-state index is 0.325. The number of morpholine rings is 1. The number of benzene rings is 1. The molecule has 36 heavy (non-hydrogen) atoms. The van der Waals surface area contributed by atoms with E-state index < -0.39 is 10.0 Å². The molecule has 2 aliphatic rings. The molecule has 4 heterocycles. The average Bonchev–Trinajstić information content (AvgIpc) is 3.52. The summed E-state index contributed by atoms with van der Waals surface area (Å²) in [7, 11) is -3.30. The molecule has 0 spiro atoms. The van der Waals surface area contributed by atoms with Crippen LogP contribution in [0.2, 0.25) is 5.02 Å². The molecular formula is C26H29ClN4O3S2. The number of fused-ring (bicyclic) bond motifs is 1. The van der Waals surface area contributed by atoms with Gasteiger partial charge in [0.25, 0.3) is 0 Å². The van der Waals surface area contributed by atoms with E-state index in [2.05, 4.69) is 21.4 Å². The van der Waals surface area contributed by atoms with Crippen molar-refractivity contribution in [2.24, 2.45) is 0 Å². The smallest absolute Gasteiger partial charge is 0.211 e.